The molecule has 0 spiro atoms. The lowest BCUT2D eigenvalue weighted by molar-refractivity contribution is -0.116. The summed E-state index contributed by atoms with van der Waals surface area (Å²) in [7, 11) is 0. The van der Waals surface area contributed by atoms with Crippen molar-refractivity contribution in [3.8, 4) is 11.8 Å². The van der Waals surface area contributed by atoms with Gasteiger partial charge in [0.15, 0.2) is 0 Å². The van der Waals surface area contributed by atoms with Crippen molar-refractivity contribution in [1.29, 1.82) is 0 Å². The molecule has 2 N–H and O–H groups in total. The van der Waals surface area contributed by atoms with E-state index in [0.717, 1.165) is 0 Å². The predicted octanol–water partition coefficient (Wildman–Crippen LogP) is 1.30. The van der Waals surface area contributed by atoms with Gasteiger partial charge in [-0.1, -0.05) is 23.4 Å². The van der Waals surface area contributed by atoms with Crippen LogP contribution in [0.3, 0.4) is 0 Å². The van der Waals surface area contributed by atoms with Crippen LogP contribution in [0.4, 0.5) is 5.69 Å². The number of hydrogen-bond acceptors (Lipinski definition) is 4. The lowest BCUT2D eigenvalue weighted by Gasteiger charge is -2.07. The van der Waals surface area contributed by atoms with Crippen LogP contribution in [-0.4, -0.2) is 32.4 Å². The van der Waals surface area contributed by atoms with Gasteiger partial charge in [0.2, 0.25) is 5.91 Å². The van der Waals surface area contributed by atoms with E-state index in [1.807, 2.05) is 0 Å². The number of hydrogen-bond donors (Lipinski definition) is 2. The van der Waals surface area contributed by atoms with Crippen molar-refractivity contribution in [1.82, 2.24) is 14.8 Å². The summed E-state index contributed by atoms with van der Waals surface area (Å²) in [5.74, 6) is 5.12. The molecule has 2 aromatic rings. The fraction of sp³-hybridized carbons (Fsp3) is 0.214. The molecule has 0 aliphatic rings. The van der Waals surface area contributed by atoms with E-state index >= 15 is 0 Å². The Balaban J connectivity index is 1.99. The number of carbonyl (C=O) groups is 1. The molecule has 1 amide bonds. The molecular formula is C14H13ClN4O2. The van der Waals surface area contributed by atoms with Gasteiger partial charge in [-0.2, -0.15) is 5.10 Å². The number of halogens is 1. The Morgan fingerprint density at radius 3 is 3.05 bits per heavy atom. The molecule has 0 atom stereocenters. The molecule has 1 heterocycles. The predicted molar refractivity (Wildman–Crippen MR) is 78.7 cm³/mol. The van der Waals surface area contributed by atoms with Crippen molar-refractivity contribution in [2.45, 2.75) is 13.0 Å². The zero-order valence-electron chi connectivity index (χ0n) is 11.1. The van der Waals surface area contributed by atoms with Gasteiger partial charge in [0, 0.05) is 12.0 Å². The van der Waals surface area contributed by atoms with Crippen molar-refractivity contribution in [3.05, 3.63) is 41.4 Å². The summed E-state index contributed by atoms with van der Waals surface area (Å²) in [4.78, 5) is 15.7. The van der Waals surface area contributed by atoms with Crippen LogP contribution in [0.25, 0.3) is 0 Å². The largest absolute Gasteiger partial charge is 0.384 e. The molecule has 0 bridgehead atoms. The maximum absolute atomic E-state index is 11.9. The first kappa shape index (κ1) is 15.0. The fourth-order valence-corrected chi connectivity index (χ4v) is 1.78. The molecule has 7 heteroatoms. The van der Waals surface area contributed by atoms with Crippen LogP contribution in [-0.2, 0) is 11.3 Å². The standard InChI is InChI=1S/C14H13ClN4O2/c15-12-4-3-11(2-1-7-20)8-13(12)18-14(21)5-6-19-10-16-9-17-19/h3-4,8-10,20H,5-7H2,(H,18,21). The van der Waals surface area contributed by atoms with Crippen molar-refractivity contribution >= 4 is 23.2 Å². The third-order valence-corrected chi connectivity index (χ3v) is 2.92. The number of nitrogens with zero attached hydrogens (tertiary/aromatic N) is 3. The van der Waals surface area contributed by atoms with Crippen LogP contribution in [0.15, 0.2) is 30.9 Å². The fourth-order valence-electron chi connectivity index (χ4n) is 1.62. The van der Waals surface area contributed by atoms with Gasteiger partial charge in [0.25, 0.3) is 0 Å². The van der Waals surface area contributed by atoms with Crippen LogP contribution in [0.2, 0.25) is 5.02 Å². The smallest absolute Gasteiger partial charge is 0.226 e. The average molecular weight is 305 g/mol. The van der Waals surface area contributed by atoms with Crippen molar-refractivity contribution < 1.29 is 9.90 Å². The van der Waals surface area contributed by atoms with E-state index in [-0.39, 0.29) is 18.9 Å². The second kappa shape index (κ2) is 7.43. The first-order valence-electron chi connectivity index (χ1n) is 6.20. The van der Waals surface area contributed by atoms with E-state index in [0.29, 0.717) is 22.8 Å². The number of amides is 1. The molecule has 0 unspecified atom stereocenters. The van der Waals surface area contributed by atoms with Crippen LogP contribution in [0.5, 0.6) is 0 Å². The Hall–Kier alpha value is -2.36. The Kier molecular flexibility index (Phi) is 5.32. The molecule has 21 heavy (non-hydrogen) atoms. The number of benzene rings is 1. The summed E-state index contributed by atoms with van der Waals surface area (Å²) >= 11 is 6.03. The summed E-state index contributed by atoms with van der Waals surface area (Å²) in [5.41, 5.74) is 1.16. The number of rotatable bonds is 4. The number of carbonyl (C=O) groups excluding carboxylic acids is 1. The number of aliphatic hydroxyl groups is 1. The van der Waals surface area contributed by atoms with E-state index in [1.54, 1.807) is 29.2 Å². The Labute approximate surface area is 126 Å². The molecule has 0 radical (unpaired) electrons. The minimum atomic E-state index is -0.220. The lowest BCUT2D eigenvalue weighted by atomic mass is 10.2. The van der Waals surface area contributed by atoms with E-state index in [4.69, 9.17) is 16.7 Å². The minimum absolute atomic E-state index is 0.181. The highest BCUT2D eigenvalue weighted by Gasteiger charge is 2.07. The molecule has 1 aromatic heterocycles. The molecule has 0 saturated carbocycles. The lowest BCUT2D eigenvalue weighted by Crippen LogP contribution is -2.15. The molecule has 6 nitrogen and oxygen atoms in total. The van der Waals surface area contributed by atoms with E-state index in [2.05, 4.69) is 27.2 Å². The molecule has 2 rings (SSSR count). The van der Waals surface area contributed by atoms with Gasteiger partial charge in [-0.25, -0.2) is 4.98 Å². The minimum Gasteiger partial charge on any atom is -0.384 e. The first-order valence-corrected chi connectivity index (χ1v) is 6.58. The highest BCUT2D eigenvalue weighted by atomic mass is 35.5. The molecule has 0 fully saturated rings. The van der Waals surface area contributed by atoms with Gasteiger partial charge in [0.1, 0.15) is 19.3 Å². The Morgan fingerprint density at radius 1 is 1.48 bits per heavy atom. The van der Waals surface area contributed by atoms with Gasteiger partial charge < -0.3 is 10.4 Å². The van der Waals surface area contributed by atoms with Crippen LogP contribution in [0.1, 0.15) is 12.0 Å². The molecule has 0 aliphatic carbocycles. The molecule has 1 aromatic carbocycles. The monoisotopic (exact) mass is 304 g/mol. The third-order valence-electron chi connectivity index (χ3n) is 2.59. The van der Waals surface area contributed by atoms with Gasteiger partial charge in [-0.05, 0) is 18.2 Å². The highest BCUT2D eigenvalue weighted by Crippen LogP contribution is 2.22. The molecule has 108 valence electrons. The first-order chi connectivity index (χ1) is 10.2. The van der Waals surface area contributed by atoms with E-state index < -0.39 is 0 Å². The summed E-state index contributed by atoms with van der Waals surface area (Å²) in [6.45, 7) is 0.218. The van der Waals surface area contributed by atoms with Crippen molar-refractivity contribution in [2.24, 2.45) is 0 Å². The summed E-state index contributed by atoms with van der Waals surface area (Å²) in [5, 5.41) is 15.7. The number of aryl methyl sites for hydroxylation is 1. The molecular weight excluding hydrogens is 292 g/mol. The number of nitrogens with one attached hydrogen (secondary N) is 1. The average Bonchev–Trinajstić information content (AvgIpc) is 2.99. The van der Waals surface area contributed by atoms with E-state index in [9.17, 15) is 4.79 Å². The molecule has 0 aliphatic heterocycles. The Morgan fingerprint density at radius 2 is 2.33 bits per heavy atom. The van der Waals surface area contributed by atoms with Gasteiger partial charge >= 0.3 is 0 Å². The summed E-state index contributed by atoms with van der Waals surface area (Å²) in [6.07, 6.45) is 3.22. The topological polar surface area (TPSA) is 80.0 Å². The zero-order valence-corrected chi connectivity index (χ0v) is 11.8. The van der Waals surface area contributed by atoms with Crippen molar-refractivity contribution in [3.63, 3.8) is 0 Å². The van der Waals surface area contributed by atoms with Crippen LogP contribution >= 0.6 is 11.6 Å². The normalized spacial score (nSPS) is 9.81. The second-order valence-electron chi connectivity index (χ2n) is 4.11. The number of anilines is 1. The van der Waals surface area contributed by atoms with Gasteiger partial charge in [-0.15, -0.1) is 0 Å². The quantitative estimate of drug-likeness (QED) is 0.835. The summed E-state index contributed by atoms with van der Waals surface area (Å²) in [6, 6.07) is 5.03. The van der Waals surface area contributed by atoms with Crippen LogP contribution < -0.4 is 5.32 Å². The zero-order chi connectivity index (χ0) is 15.1. The number of aliphatic hydroxyl groups excluding tert-OH is 1. The van der Waals surface area contributed by atoms with Crippen molar-refractivity contribution in [2.75, 3.05) is 11.9 Å². The molecule has 0 saturated heterocycles. The maximum atomic E-state index is 11.9. The second-order valence-corrected chi connectivity index (χ2v) is 4.52. The SMILES string of the molecule is O=C(CCn1cncn1)Nc1cc(C#CCO)ccc1Cl. The Bertz CT molecular complexity index is 674. The van der Waals surface area contributed by atoms with Gasteiger partial charge in [0.05, 0.1) is 17.3 Å². The number of aromatic nitrogens is 3. The van der Waals surface area contributed by atoms with Crippen LogP contribution in [0, 0.1) is 11.8 Å². The summed E-state index contributed by atoms with van der Waals surface area (Å²) < 4.78 is 1.57. The van der Waals surface area contributed by atoms with Gasteiger partial charge in [-0.3, -0.25) is 9.48 Å². The third kappa shape index (κ3) is 4.60. The maximum Gasteiger partial charge on any atom is 0.226 e. The highest BCUT2D eigenvalue weighted by molar-refractivity contribution is 6.33. The van der Waals surface area contributed by atoms with E-state index in [1.165, 1.54) is 6.33 Å².